The van der Waals surface area contributed by atoms with Gasteiger partial charge < -0.3 is 10.8 Å². The first-order valence-corrected chi connectivity index (χ1v) is 7.56. The average Bonchev–Trinajstić information content (AvgIpc) is 2.38. The van der Waals surface area contributed by atoms with Crippen LogP contribution in [0, 0.1) is 17.8 Å². The molecule has 3 N–H and O–H groups in total. The molecule has 0 unspecified atom stereocenters. The van der Waals surface area contributed by atoms with Crippen LogP contribution in [0.4, 0.5) is 0 Å². The van der Waals surface area contributed by atoms with E-state index < -0.39 is 5.97 Å². The number of hydrogen-bond donors (Lipinski definition) is 2. The third-order valence-corrected chi connectivity index (χ3v) is 4.43. The van der Waals surface area contributed by atoms with Crippen molar-refractivity contribution in [2.24, 2.45) is 23.5 Å². The Morgan fingerprint density at radius 1 is 1.22 bits per heavy atom. The van der Waals surface area contributed by atoms with Gasteiger partial charge in [0.25, 0.3) is 0 Å². The Bertz CT molecular complexity index is 237. The van der Waals surface area contributed by atoms with Gasteiger partial charge in [-0.15, -0.1) is 0 Å². The predicted octanol–water partition coefficient (Wildman–Crippen LogP) is 3.42. The van der Waals surface area contributed by atoms with Crippen molar-refractivity contribution in [2.75, 3.05) is 6.54 Å². The standard InChI is InChI=1S/C15H29NO2/c1-12(8-10-14(11-16)15(17)18)7-9-13-5-3-2-4-6-13/h12-14H,2-11,16H2,1H3,(H,17,18)/t12-,14-/m1/s1. The maximum atomic E-state index is 10.9. The molecule has 0 aromatic heterocycles. The minimum Gasteiger partial charge on any atom is -0.481 e. The van der Waals surface area contributed by atoms with Gasteiger partial charge in [0.1, 0.15) is 0 Å². The summed E-state index contributed by atoms with van der Waals surface area (Å²) in [6.07, 6.45) is 11.4. The van der Waals surface area contributed by atoms with Gasteiger partial charge >= 0.3 is 5.97 Å². The fourth-order valence-corrected chi connectivity index (χ4v) is 2.97. The van der Waals surface area contributed by atoms with E-state index in [0.717, 1.165) is 18.8 Å². The maximum Gasteiger partial charge on any atom is 0.307 e. The summed E-state index contributed by atoms with van der Waals surface area (Å²) in [5, 5.41) is 8.94. The Kier molecular flexibility index (Phi) is 7.33. The van der Waals surface area contributed by atoms with Gasteiger partial charge in [0.05, 0.1) is 5.92 Å². The molecule has 1 aliphatic rings. The monoisotopic (exact) mass is 255 g/mol. The van der Waals surface area contributed by atoms with E-state index >= 15 is 0 Å². The molecule has 0 bridgehead atoms. The summed E-state index contributed by atoms with van der Waals surface area (Å²) in [5.74, 6) is 0.491. The summed E-state index contributed by atoms with van der Waals surface area (Å²) in [6.45, 7) is 2.52. The van der Waals surface area contributed by atoms with E-state index in [9.17, 15) is 4.79 Å². The summed E-state index contributed by atoms with van der Waals surface area (Å²) < 4.78 is 0. The molecule has 1 saturated carbocycles. The second kappa shape index (κ2) is 8.52. The lowest BCUT2D eigenvalue weighted by Gasteiger charge is -2.23. The zero-order valence-corrected chi connectivity index (χ0v) is 11.7. The van der Waals surface area contributed by atoms with Crippen LogP contribution in [0.2, 0.25) is 0 Å². The molecule has 1 fully saturated rings. The molecule has 1 aliphatic carbocycles. The van der Waals surface area contributed by atoms with Gasteiger partial charge in [-0.1, -0.05) is 51.9 Å². The third kappa shape index (κ3) is 5.85. The first-order chi connectivity index (χ1) is 8.63. The molecule has 0 aliphatic heterocycles. The Morgan fingerprint density at radius 3 is 2.44 bits per heavy atom. The fraction of sp³-hybridized carbons (Fsp3) is 0.933. The number of rotatable bonds is 8. The van der Waals surface area contributed by atoms with Crippen molar-refractivity contribution < 1.29 is 9.90 Å². The highest BCUT2D eigenvalue weighted by Gasteiger charge is 2.18. The van der Waals surface area contributed by atoms with Gasteiger partial charge in [-0.05, 0) is 24.7 Å². The van der Waals surface area contributed by atoms with Crippen LogP contribution < -0.4 is 5.73 Å². The lowest BCUT2D eigenvalue weighted by Crippen LogP contribution is -2.23. The van der Waals surface area contributed by atoms with Crippen LogP contribution in [-0.2, 0) is 4.79 Å². The zero-order valence-electron chi connectivity index (χ0n) is 11.7. The van der Waals surface area contributed by atoms with E-state index in [0.29, 0.717) is 5.92 Å². The summed E-state index contributed by atoms with van der Waals surface area (Å²) in [4.78, 5) is 10.9. The predicted molar refractivity (Wildman–Crippen MR) is 74.4 cm³/mol. The molecular weight excluding hydrogens is 226 g/mol. The lowest BCUT2D eigenvalue weighted by atomic mass is 9.83. The Balaban J connectivity index is 2.12. The molecule has 0 aromatic rings. The SMILES string of the molecule is C[C@H](CCC1CCCCC1)CC[C@H](CN)C(=O)O. The Morgan fingerprint density at radius 2 is 1.89 bits per heavy atom. The molecule has 2 atom stereocenters. The summed E-state index contributed by atoms with van der Waals surface area (Å²) in [6, 6.07) is 0. The first kappa shape index (κ1) is 15.5. The molecule has 0 amide bonds. The van der Waals surface area contributed by atoms with E-state index in [2.05, 4.69) is 6.92 Å². The molecule has 106 valence electrons. The molecule has 0 aromatic carbocycles. The highest BCUT2D eigenvalue weighted by atomic mass is 16.4. The van der Waals surface area contributed by atoms with Crippen LogP contribution in [0.3, 0.4) is 0 Å². The van der Waals surface area contributed by atoms with Crippen molar-refractivity contribution in [1.29, 1.82) is 0 Å². The second-order valence-electron chi connectivity index (χ2n) is 6.03. The van der Waals surface area contributed by atoms with E-state index in [1.807, 2.05) is 0 Å². The zero-order chi connectivity index (χ0) is 13.4. The largest absolute Gasteiger partial charge is 0.481 e. The number of aliphatic carboxylic acids is 1. The quantitative estimate of drug-likeness (QED) is 0.698. The molecule has 0 spiro atoms. The topological polar surface area (TPSA) is 63.3 Å². The Labute approximate surface area is 111 Å². The van der Waals surface area contributed by atoms with Gasteiger partial charge in [-0.2, -0.15) is 0 Å². The van der Waals surface area contributed by atoms with E-state index in [1.165, 1.54) is 44.9 Å². The number of carboxylic acids is 1. The van der Waals surface area contributed by atoms with E-state index in [-0.39, 0.29) is 12.5 Å². The van der Waals surface area contributed by atoms with Gasteiger partial charge in [0, 0.05) is 6.54 Å². The molecular formula is C15H29NO2. The summed E-state index contributed by atoms with van der Waals surface area (Å²) in [5.41, 5.74) is 5.47. The molecule has 0 saturated heterocycles. The molecule has 1 rings (SSSR count). The van der Waals surface area contributed by atoms with Crippen LogP contribution in [-0.4, -0.2) is 17.6 Å². The van der Waals surface area contributed by atoms with Gasteiger partial charge in [0.15, 0.2) is 0 Å². The highest BCUT2D eigenvalue weighted by molar-refractivity contribution is 5.70. The molecule has 3 heteroatoms. The third-order valence-electron chi connectivity index (χ3n) is 4.43. The van der Waals surface area contributed by atoms with Gasteiger partial charge in [-0.3, -0.25) is 4.79 Å². The van der Waals surface area contributed by atoms with E-state index in [1.54, 1.807) is 0 Å². The molecule has 0 heterocycles. The smallest absolute Gasteiger partial charge is 0.307 e. The number of carbonyl (C=O) groups is 1. The number of carboxylic acid groups (broad SMARTS) is 1. The normalized spacial score (nSPS) is 20.6. The van der Waals surface area contributed by atoms with Crippen LogP contribution >= 0.6 is 0 Å². The second-order valence-corrected chi connectivity index (χ2v) is 6.03. The summed E-state index contributed by atoms with van der Waals surface area (Å²) in [7, 11) is 0. The Hall–Kier alpha value is -0.570. The minimum atomic E-state index is -0.739. The van der Waals surface area contributed by atoms with Gasteiger partial charge in [-0.25, -0.2) is 0 Å². The lowest BCUT2D eigenvalue weighted by molar-refractivity contribution is -0.141. The average molecular weight is 255 g/mol. The fourth-order valence-electron chi connectivity index (χ4n) is 2.97. The van der Waals surface area contributed by atoms with Crippen molar-refractivity contribution in [3.63, 3.8) is 0 Å². The van der Waals surface area contributed by atoms with Crippen LogP contribution in [0.1, 0.15) is 64.7 Å². The van der Waals surface area contributed by atoms with Crippen LogP contribution in [0.15, 0.2) is 0 Å². The van der Waals surface area contributed by atoms with Gasteiger partial charge in [0.2, 0.25) is 0 Å². The molecule has 3 nitrogen and oxygen atoms in total. The maximum absolute atomic E-state index is 10.9. The van der Waals surface area contributed by atoms with Crippen molar-refractivity contribution >= 4 is 5.97 Å². The van der Waals surface area contributed by atoms with Crippen molar-refractivity contribution in [1.82, 2.24) is 0 Å². The van der Waals surface area contributed by atoms with E-state index in [4.69, 9.17) is 10.8 Å². The highest BCUT2D eigenvalue weighted by Crippen LogP contribution is 2.29. The van der Waals surface area contributed by atoms with Crippen LogP contribution in [0.5, 0.6) is 0 Å². The van der Waals surface area contributed by atoms with Crippen molar-refractivity contribution in [2.45, 2.75) is 64.7 Å². The number of nitrogens with two attached hydrogens (primary N) is 1. The first-order valence-electron chi connectivity index (χ1n) is 7.56. The minimum absolute atomic E-state index is 0.269. The van der Waals surface area contributed by atoms with Crippen molar-refractivity contribution in [3.8, 4) is 0 Å². The van der Waals surface area contributed by atoms with Crippen LogP contribution in [0.25, 0.3) is 0 Å². The molecule has 0 radical (unpaired) electrons. The number of hydrogen-bond acceptors (Lipinski definition) is 2. The van der Waals surface area contributed by atoms with Crippen molar-refractivity contribution in [3.05, 3.63) is 0 Å². The molecule has 18 heavy (non-hydrogen) atoms. The summed E-state index contributed by atoms with van der Waals surface area (Å²) >= 11 is 0.